The second-order valence-electron chi connectivity index (χ2n) is 6.13. The Bertz CT molecular complexity index is 404. The van der Waals surface area contributed by atoms with Crippen molar-refractivity contribution < 1.29 is 4.79 Å². The average Bonchev–Trinajstić information content (AvgIpc) is 2.29. The zero-order chi connectivity index (χ0) is 14.5. The molecular formula is C16H26N2O. The summed E-state index contributed by atoms with van der Waals surface area (Å²) in [6.45, 7) is 8.67. The van der Waals surface area contributed by atoms with Gasteiger partial charge in [0.25, 0.3) is 0 Å². The summed E-state index contributed by atoms with van der Waals surface area (Å²) in [5.74, 6) is -0.0202. The van der Waals surface area contributed by atoms with E-state index in [1.807, 2.05) is 39.8 Å². The summed E-state index contributed by atoms with van der Waals surface area (Å²) in [7, 11) is 0. The van der Waals surface area contributed by atoms with E-state index in [9.17, 15) is 4.79 Å². The summed E-state index contributed by atoms with van der Waals surface area (Å²) >= 11 is 0. The molecule has 0 saturated carbocycles. The second-order valence-corrected chi connectivity index (χ2v) is 6.13. The summed E-state index contributed by atoms with van der Waals surface area (Å²) in [5, 5.41) is 3.06. The van der Waals surface area contributed by atoms with Crippen LogP contribution in [0.3, 0.4) is 0 Å². The number of rotatable bonds is 5. The molecule has 1 aromatic carbocycles. The van der Waals surface area contributed by atoms with Crippen LogP contribution in [0.1, 0.15) is 50.7 Å². The maximum atomic E-state index is 12.4. The van der Waals surface area contributed by atoms with Crippen LogP contribution in [-0.2, 0) is 4.79 Å². The minimum Gasteiger partial charge on any atom is -0.351 e. The van der Waals surface area contributed by atoms with Gasteiger partial charge < -0.3 is 11.1 Å². The van der Waals surface area contributed by atoms with E-state index in [-0.39, 0.29) is 17.4 Å². The lowest BCUT2D eigenvalue weighted by Gasteiger charge is -2.25. The Balaban J connectivity index is 2.87. The average molecular weight is 262 g/mol. The van der Waals surface area contributed by atoms with Gasteiger partial charge in [0.1, 0.15) is 0 Å². The first-order valence-electron chi connectivity index (χ1n) is 6.92. The molecule has 19 heavy (non-hydrogen) atoms. The first-order valence-corrected chi connectivity index (χ1v) is 6.92. The Morgan fingerprint density at radius 1 is 1.26 bits per heavy atom. The highest BCUT2D eigenvalue weighted by atomic mass is 16.2. The van der Waals surface area contributed by atoms with Gasteiger partial charge in [-0.05, 0) is 52.6 Å². The van der Waals surface area contributed by atoms with Gasteiger partial charge in [-0.25, -0.2) is 0 Å². The van der Waals surface area contributed by atoms with Crippen molar-refractivity contribution in [2.75, 3.05) is 6.54 Å². The van der Waals surface area contributed by atoms with Crippen molar-refractivity contribution in [1.29, 1.82) is 0 Å². The van der Waals surface area contributed by atoms with Gasteiger partial charge in [0.2, 0.25) is 5.91 Å². The molecule has 0 aromatic heterocycles. The fourth-order valence-electron chi connectivity index (χ4n) is 2.03. The second kappa shape index (κ2) is 6.71. The van der Waals surface area contributed by atoms with Crippen LogP contribution in [0.25, 0.3) is 0 Å². The normalized spacial score (nSPS) is 13.1. The first-order chi connectivity index (χ1) is 8.83. The third-order valence-electron chi connectivity index (χ3n) is 2.99. The Morgan fingerprint density at radius 2 is 1.84 bits per heavy atom. The van der Waals surface area contributed by atoms with Crippen molar-refractivity contribution in [2.45, 2.75) is 52.0 Å². The molecule has 3 N–H and O–H groups in total. The number of nitrogens with two attached hydrogens (primary N) is 1. The molecule has 0 heterocycles. The van der Waals surface area contributed by atoms with E-state index in [0.29, 0.717) is 6.54 Å². The molecule has 0 bridgehead atoms. The molecule has 3 heteroatoms. The van der Waals surface area contributed by atoms with E-state index >= 15 is 0 Å². The Kier molecular flexibility index (Phi) is 5.55. The highest BCUT2D eigenvalue weighted by Crippen LogP contribution is 2.23. The molecule has 106 valence electrons. The van der Waals surface area contributed by atoms with Gasteiger partial charge in [0.15, 0.2) is 0 Å². The Hall–Kier alpha value is -1.35. The van der Waals surface area contributed by atoms with Crippen molar-refractivity contribution >= 4 is 5.91 Å². The van der Waals surface area contributed by atoms with Crippen LogP contribution >= 0.6 is 0 Å². The molecule has 1 rings (SSSR count). The number of carbonyl (C=O) groups is 1. The van der Waals surface area contributed by atoms with Crippen LogP contribution in [0.15, 0.2) is 24.3 Å². The van der Waals surface area contributed by atoms with E-state index in [2.05, 4.69) is 17.4 Å². The van der Waals surface area contributed by atoms with E-state index in [4.69, 9.17) is 5.73 Å². The smallest absolute Gasteiger partial charge is 0.227 e. The Labute approximate surface area is 116 Å². The van der Waals surface area contributed by atoms with Crippen molar-refractivity contribution in [3.63, 3.8) is 0 Å². The molecule has 0 spiro atoms. The fourth-order valence-corrected chi connectivity index (χ4v) is 2.03. The number of aryl methyl sites for hydroxylation is 1. The highest BCUT2D eigenvalue weighted by molar-refractivity contribution is 5.84. The maximum Gasteiger partial charge on any atom is 0.227 e. The van der Waals surface area contributed by atoms with Crippen molar-refractivity contribution in [2.24, 2.45) is 5.73 Å². The molecule has 0 radical (unpaired) electrons. The molecule has 0 saturated heterocycles. The molecule has 3 nitrogen and oxygen atoms in total. The predicted octanol–water partition coefficient (Wildman–Crippen LogP) is 2.73. The van der Waals surface area contributed by atoms with Gasteiger partial charge in [0.05, 0.1) is 5.92 Å². The monoisotopic (exact) mass is 262 g/mol. The van der Waals surface area contributed by atoms with Crippen molar-refractivity contribution in [3.05, 3.63) is 35.4 Å². The molecule has 0 fully saturated rings. The van der Waals surface area contributed by atoms with E-state index in [0.717, 1.165) is 18.4 Å². The summed E-state index contributed by atoms with van der Waals surface area (Å²) in [6.07, 6.45) is 1.65. The van der Waals surface area contributed by atoms with E-state index in [1.165, 1.54) is 5.56 Å². The molecule has 1 atom stereocenters. The fraction of sp³-hybridized carbons (Fsp3) is 0.562. The first kappa shape index (κ1) is 15.7. The van der Waals surface area contributed by atoms with Crippen molar-refractivity contribution in [3.8, 4) is 0 Å². The molecule has 1 amide bonds. The highest BCUT2D eigenvalue weighted by Gasteiger charge is 2.23. The summed E-state index contributed by atoms with van der Waals surface area (Å²) in [5.41, 5.74) is 7.65. The maximum absolute atomic E-state index is 12.4. The van der Waals surface area contributed by atoms with Crippen LogP contribution in [0.2, 0.25) is 0 Å². The number of hydrogen-bond donors (Lipinski definition) is 2. The topological polar surface area (TPSA) is 55.1 Å². The standard InChI is InChI=1S/C16H26N2O/c1-12-7-9-13(10-8-12)14(6-5-11-17)15(19)18-16(2,3)4/h7-10,14H,5-6,11,17H2,1-4H3,(H,18,19). The number of carbonyl (C=O) groups excluding carboxylic acids is 1. The largest absolute Gasteiger partial charge is 0.351 e. The quantitative estimate of drug-likeness (QED) is 0.857. The van der Waals surface area contributed by atoms with E-state index in [1.54, 1.807) is 0 Å². The number of benzene rings is 1. The van der Waals surface area contributed by atoms with Gasteiger partial charge in [0, 0.05) is 5.54 Å². The molecular weight excluding hydrogens is 236 g/mol. The molecule has 1 unspecified atom stereocenters. The molecule has 1 aromatic rings. The van der Waals surface area contributed by atoms with Gasteiger partial charge in [-0.2, -0.15) is 0 Å². The van der Waals surface area contributed by atoms with E-state index < -0.39 is 0 Å². The summed E-state index contributed by atoms with van der Waals surface area (Å²) in [6, 6.07) is 8.18. The third kappa shape index (κ3) is 5.43. The zero-order valence-electron chi connectivity index (χ0n) is 12.5. The Morgan fingerprint density at radius 3 is 2.32 bits per heavy atom. The van der Waals surface area contributed by atoms with Crippen LogP contribution in [0.4, 0.5) is 0 Å². The minimum atomic E-state index is -0.206. The molecule has 0 aliphatic rings. The van der Waals surface area contributed by atoms with Crippen LogP contribution in [0, 0.1) is 6.92 Å². The SMILES string of the molecule is Cc1ccc(C(CCCN)C(=O)NC(C)(C)C)cc1. The van der Waals surface area contributed by atoms with Gasteiger partial charge in [-0.3, -0.25) is 4.79 Å². The lowest BCUT2D eigenvalue weighted by molar-refractivity contribution is -0.124. The third-order valence-corrected chi connectivity index (χ3v) is 2.99. The van der Waals surface area contributed by atoms with Gasteiger partial charge in [-0.1, -0.05) is 29.8 Å². The number of hydrogen-bond acceptors (Lipinski definition) is 2. The predicted molar refractivity (Wildman–Crippen MR) is 80.1 cm³/mol. The lowest BCUT2D eigenvalue weighted by atomic mass is 9.91. The zero-order valence-corrected chi connectivity index (χ0v) is 12.5. The number of amides is 1. The summed E-state index contributed by atoms with van der Waals surface area (Å²) in [4.78, 5) is 12.4. The van der Waals surface area contributed by atoms with Crippen LogP contribution < -0.4 is 11.1 Å². The minimum absolute atomic E-state index is 0.0878. The molecule has 0 aliphatic carbocycles. The van der Waals surface area contributed by atoms with Crippen LogP contribution in [-0.4, -0.2) is 18.0 Å². The lowest BCUT2D eigenvalue weighted by Crippen LogP contribution is -2.43. The number of nitrogens with one attached hydrogen (secondary N) is 1. The summed E-state index contributed by atoms with van der Waals surface area (Å²) < 4.78 is 0. The van der Waals surface area contributed by atoms with Gasteiger partial charge >= 0.3 is 0 Å². The molecule has 0 aliphatic heterocycles. The van der Waals surface area contributed by atoms with Crippen molar-refractivity contribution in [1.82, 2.24) is 5.32 Å². The van der Waals surface area contributed by atoms with Gasteiger partial charge in [-0.15, -0.1) is 0 Å². The van der Waals surface area contributed by atoms with Crippen LogP contribution in [0.5, 0.6) is 0 Å².